The van der Waals surface area contributed by atoms with Crippen molar-refractivity contribution in [2.45, 2.75) is 58.7 Å². The number of benzene rings is 1. The highest BCUT2D eigenvalue weighted by Crippen LogP contribution is 2.03. The molecule has 0 radical (unpaired) electrons. The molecule has 3 heteroatoms. The fourth-order valence-electron chi connectivity index (χ4n) is 2.28. The second-order valence-corrected chi connectivity index (χ2v) is 5.37. The topological polar surface area (TPSA) is 50.1 Å². The van der Waals surface area contributed by atoms with Crippen molar-refractivity contribution in [2.24, 2.45) is 5.73 Å². The Morgan fingerprint density at radius 1 is 0.950 bits per heavy atom. The highest BCUT2D eigenvalue weighted by Gasteiger charge is 2.00. The Morgan fingerprint density at radius 2 is 1.55 bits per heavy atom. The molecular formula is C17H31N3. The van der Waals surface area contributed by atoms with E-state index in [4.69, 9.17) is 5.73 Å². The second kappa shape index (κ2) is 10.8. The van der Waals surface area contributed by atoms with E-state index in [9.17, 15) is 0 Å². The zero-order valence-electron chi connectivity index (χ0n) is 13.1. The van der Waals surface area contributed by atoms with Gasteiger partial charge in [-0.15, -0.1) is 0 Å². The van der Waals surface area contributed by atoms with Crippen LogP contribution in [0, 0.1) is 0 Å². The number of nitrogens with one attached hydrogen (secondary N) is 2. The fourth-order valence-corrected chi connectivity index (χ4v) is 2.28. The van der Waals surface area contributed by atoms with Gasteiger partial charge in [-0.25, -0.2) is 0 Å². The summed E-state index contributed by atoms with van der Waals surface area (Å²) in [6.07, 6.45) is 4.94. The zero-order valence-corrected chi connectivity index (χ0v) is 13.1. The predicted octanol–water partition coefficient (Wildman–Crippen LogP) is 2.79. The maximum Gasteiger partial charge on any atom is 0.0205 e. The van der Waals surface area contributed by atoms with E-state index in [0.717, 1.165) is 19.6 Å². The first-order chi connectivity index (χ1) is 9.80. The summed E-state index contributed by atoms with van der Waals surface area (Å²) < 4.78 is 0. The molecule has 0 heterocycles. The lowest BCUT2D eigenvalue weighted by Gasteiger charge is -2.14. The van der Waals surface area contributed by atoms with Crippen LogP contribution in [0.2, 0.25) is 0 Å². The van der Waals surface area contributed by atoms with Crippen LogP contribution < -0.4 is 16.4 Å². The van der Waals surface area contributed by atoms with E-state index in [0.29, 0.717) is 12.6 Å². The Hall–Kier alpha value is -0.900. The maximum atomic E-state index is 5.59. The molecule has 0 aromatic heterocycles. The van der Waals surface area contributed by atoms with Crippen LogP contribution in [0.5, 0.6) is 0 Å². The van der Waals surface area contributed by atoms with Gasteiger partial charge in [0, 0.05) is 19.1 Å². The van der Waals surface area contributed by atoms with Crippen LogP contribution in [0.1, 0.15) is 50.7 Å². The SMILES string of the molecule is CCC(CC)NCCCCNCc1ccc(CN)cc1. The largest absolute Gasteiger partial charge is 0.326 e. The molecule has 0 amide bonds. The molecule has 114 valence electrons. The predicted molar refractivity (Wildman–Crippen MR) is 87.6 cm³/mol. The molecule has 4 N–H and O–H groups in total. The summed E-state index contributed by atoms with van der Waals surface area (Å²) in [6.45, 7) is 8.29. The molecule has 3 nitrogen and oxygen atoms in total. The molecule has 0 atom stereocenters. The average Bonchev–Trinajstić information content (AvgIpc) is 2.51. The maximum absolute atomic E-state index is 5.59. The summed E-state index contributed by atoms with van der Waals surface area (Å²) in [7, 11) is 0. The molecule has 1 rings (SSSR count). The Kier molecular flexibility index (Phi) is 9.29. The summed E-state index contributed by atoms with van der Waals surface area (Å²) in [5, 5.41) is 7.10. The molecule has 0 spiro atoms. The molecule has 0 saturated carbocycles. The first-order valence-corrected chi connectivity index (χ1v) is 8.02. The standard InChI is InChI=1S/C17H31N3/c1-3-17(4-2)20-12-6-5-11-19-14-16-9-7-15(13-18)8-10-16/h7-10,17,19-20H,3-6,11-14,18H2,1-2H3. The third-order valence-electron chi connectivity index (χ3n) is 3.79. The minimum absolute atomic E-state index is 0.622. The lowest BCUT2D eigenvalue weighted by atomic mass is 10.1. The highest BCUT2D eigenvalue weighted by molar-refractivity contribution is 5.22. The van der Waals surface area contributed by atoms with E-state index in [1.165, 1.54) is 36.8 Å². The normalized spacial score (nSPS) is 11.2. The summed E-state index contributed by atoms with van der Waals surface area (Å²) in [5.74, 6) is 0. The van der Waals surface area contributed by atoms with Gasteiger partial charge in [-0.05, 0) is 49.9 Å². The van der Waals surface area contributed by atoms with Gasteiger partial charge in [-0.3, -0.25) is 0 Å². The number of nitrogens with two attached hydrogens (primary N) is 1. The van der Waals surface area contributed by atoms with Crippen molar-refractivity contribution in [3.63, 3.8) is 0 Å². The molecule has 0 aliphatic carbocycles. The lowest BCUT2D eigenvalue weighted by molar-refractivity contribution is 0.470. The van der Waals surface area contributed by atoms with E-state index < -0.39 is 0 Å². The molecule has 0 bridgehead atoms. The van der Waals surface area contributed by atoms with Crippen molar-refractivity contribution in [2.75, 3.05) is 13.1 Å². The van der Waals surface area contributed by atoms with E-state index in [1.54, 1.807) is 0 Å². The Morgan fingerprint density at radius 3 is 2.15 bits per heavy atom. The summed E-state index contributed by atoms with van der Waals surface area (Å²) >= 11 is 0. The Labute approximate surface area is 124 Å². The van der Waals surface area contributed by atoms with Gasteiger partial charge >= 0.3 is 0 Å². The number of hydrogen-bond donors (Lipinski definition) is 3. The van der Waals surface area contributed by atoms with E-state index in [-0.39, 0.29) is 0 Å². The lowest BCUT2D eigenvalue weighted by Crippen LogP contribution is -2.29. The van der Waals surface area contributed by atoms with Gasteiger partial charge in [0.05, 0.1) is 0 Å². The molecule has 0 fully saturated rings. The smallest absolute Gasteiger partial charge is 0.0205 e. The van der Waals surface area contributed by atoms with Gasteiger partial charge in [0.15, 0.2) is 0 Å². The van der Waals surface area contributed by atoms with Gasteiger partial charge in [-0.1, -0.05) is 38.1 Å². The third-order valence-corrected chi connectivity index (χ3v) is 3.79. The molecule has 20 heavy (non-hydrogen) atoms. The van der Waals surface area contributed by atoms with Crippen molar-refractivity contribution in [3.05, 3.63) is 35.4 Å². The van der Waals surface area contributed by atoms with Crippen LogP contribution in [0.4, 0.5) is 0 Å². The van der Waals surface area contributed by atoms with Gasteiger partial charge in [0.2, 0.25) is 0 Å². The van der Waals surface area contributed by atoms with Crippen molar-refractivity contribution in [1.82, 2.24) is 10.6 Å². The molecule has 0 unspecified atom stereocenters. The van der Waals surface area contributed by atoms with Crippen molar-refractivity contribution >= 4 is 0 Å². The highest BCUT2D eigenvalue weighted by atomic mass is 14.9. The van der Waals surface area contributed by atoms with Gasteiger partial charge in [0.1, 0.15) is 0 Å². The number of hydrogen-bond acceptors (Lipinski definition) is 3. The molecule has 0 saturated heterocycles. The van der Waals surface area contributed by atoms with Crippen LogP contribution in [-0.4, -0.2) is 19.1 Å². The molecule has 0 aliphatic rings. The first-order valence-electron chi connectivity index (χ1n) is 8.02. The second-order valence-electron chi connectivity index (χ2n) is 5.37. The monoisotopic (exact) mass is 277 g/mol. The van der Waals surface area contributed by atoms with Gasteiger partial charge < -0.3 is 16.4 Å². The molecular weight excluding hydrogens is 246 g/mol. The van der Waals surface area contributed by atoms with Crippen molar-refractivity contribution in [3.8, 4) is 0 Å². The minimum atomic E-state index is 0.622. The third kappa shape index (κ3) is 7.04. The van der Waals surface area contributed by atoms with E-state index >= 15 is 0 Å². The van der Waals surface area contributed by atoms with Crippen molar-refractivity contribution < 1.29 is 0 Å². The summed E-state index contributed by atoms with van der Waals surface area (Å²) in [6, 6.07) is 9.23. The quantitative estimate of drug-likeness (QED) is 0.545. The van der Waals surface area contributed by atoms with Crippen LogP contribution in [0.3, 0.4) is 0 Å². The molecule has 1 aromatic carbocycles. The number of unbranched alkanes of at least 4 members (excludes halogenated alkanes) is 1. The van der Waals surface area contributed by atoms with Crippen LogP contribution in [-0.2, 0) is 13.1 Å². The van der Waals surface area contributed by atoms with Crippen LogP contribution >= 0.6 is 0 Å². The van der Waals surface area contributed by atoms with E-state index in [1.807, 2.05) is 0 Å². The summed E-state index contributed by atoms with van der Waals surface area (Å²) in [4.78, 5) is 0. The summed E-state index contributed by atoms with van der Waals surface area (Å²) in [5.41, 5.74) is 8.11. The molecule has 1 aromatic rings. The number of rotatable bonds is 11. The molecule has 0 aliphatic heterocycles. The fraction of sp³-hybridized carbons (Fsp3) is 0.647. The average molecular weight is 277 g/mol. The van der Waals surface area contributed by atoms with Crippen LogP contribution in [0.25, 0.3) is 0 Å². The Balaban J connectivity index is 2.01. The minimum Gasteiger partial charge on any atom is -0.326 e. The van der Waals surface area contributed by atoms with Gasteiger partial charge in [0.25, 0.3) is 0 Å². The first kappa shape index (κ1) is 17.2. The zero-order chi connectivity index (χ0) is 14.6. The van der Waals surface area contributed by atoms with Gasteiger partial charge in [-0.2, -0.15) is 0 Å². The van der Waals surface area contributed by atoms with E-state index in [2.05, 4.69) is 48.7 Å². The Bertz CT molecular complexity index is 331. The van der Waals surface area contributed by atoms with Crippen LogP contribution in [0.15, 0.2) is 24.3 Å². The van der Waals surface area contributed by atoms with Crippen molar-refractivity contribution in [1.29, 1.82) is 0 Å².